The van der Waals surface area contributed by atoms with Crippen LogP contribution in [0.1, 0.15) is 38.8 Å². The normalized spacial score (nSPS) is 10.5. The summed E-state index contributed by atoms with van der Waals surface area (Å²) in [4.78, 5) is 21.2. The van der Waals surface area contributed by atoms with Gasteiger partial charge in [0, 0.05) is 16.5 Å². The Morgan fingerprint density at radius 1 is 0.900 bits per heavy atom. The Balaban J connectivity index is 0.000000396. The van der Waals surface area contributed by atoms with Crippen molar-refractivity contribution < 1.29 is 24.9 Å². The second-order valence-corrected chi connectivity index (χ2v) is 5.05. The molecule has 0 heterocycles. The molecule has 0 fully saturated rings. The van der Waals surface area contributed by atoms with Crippen LogP contribution in [0.5, 0.6) is 0 Å². The number of aryl methyl sites for hydroxylation is 2. The van der Waals surface area contributed by atoms with Crippen LogP contribution in [0.25, 0.3) is 0 Å². The molecule has 0 amide bonds. The molecule has 3 N–H and O–H groups in total. The molecule has 20 heavy (non-hydrogen) atoms. The molecule has 1 rings (SSSR count). The van der Waals surface area contributed by atoms with Crippen molar-refractivity contribution in [1.29, 1.82) is 0 Å². The molecule has 5 heteroatoms. The molecular weight excluding hydrogens is 260 g/mol. The van der Waals surface area contributed by atoms with Crippen LogP contribution in [-0.2, 0) is 0 Å². The van der Waals surface area contributed by atoms with E-state index in [0.29, 0.717) is 11.1 Å². The van der Waals surface area contributed by atoms with Gasteiger partial charge in [0.05, 0.1) is 19.8 Å². The van der Waals surface area contributed by atoms with Crippen LogP contribution in [0.3, 0.4) is 0 Å². The molecule has 0 aliphatic rings. The van der Waals surface area contributed by atoms with Crippen molar-refractivity contribution >= 4 is 12.6 Å². The first kappa shape index (κ1) is 18.4. The van der Waals surface area contributed by atoms with Gasteiger partial charge in [-0.3, -0.25) is 9.59 Å². The van der Waals surface area contributed by atoms with E-state index in [1.54, 1.807) is 6.92 Å². The van der Waals surface area contributed by atoms with Gasteiger partial charge < -0.3 is 15.3 Å². The van der Waals surface area contributed by atoms with Crippen molar-refractivity contribution in [2.45, 2.75) is 20.8 Å². The van der Waals surface area contributed by atoms with Gasteiger partial charge in [-0.05, 0) is 25.0 Å². The fourth-order valence-corrected chi connectivity index (χ4v) is 1.32. The van der Waals surface area contributed by atoms with Gasteiger partial charge in [0.2, 0.25) is 0 Å². The Bertz CT molecular complexity index is 409. The van der Waals surface area contributed by atoms with Gasteiger partial charge in [-0.2, -0.15) is 0 Å². The molecule has 0 atom stereocenters. The van der Waals surface area contributed by atoms with Crippen molar-refractivity contribution in [2.75, 3.05) is 19.8 Å². The van der Waals surface area contributed by atoms with E-state index in [1.807, 2.05) is 26.0 Å². The van der Waals surface area contributed by atoms with E-state index in [2.05, 4.69) is 0 Å². The molecule has 0 spiro atoms. The summed E-state index contributed by atoms with van der Waals surface area (Å²) < 4.78 is 0. The lowest BCUT2D eigenvalue weighted by Gasteiger charge is -2.20. The van der Waals surface area contributed by atoms with Gasteiger partial charge in [-0.1, -0.05) is 19.1 Å². The summed E-state index contributed by atoms with van der Waals surface area (Å²) >= 11 is 0. The van der Waals surface area contributed by atoms with E-state index >= 15 is 0 Å². The molecule has 5 nitrogen and oxygen atoms in total. The summed E-state index contributed by atoms with van der Waals surface area (Å²) in [6.07, 6.45) is 1.46. The third kappa shape index (κ3) is 4.85. The van der Waals surface area contributed by atoms with Crippen LogP contribution in [0.2, 0.25) is 0 Å². The van der Waals surface area contributed by atoms with E-state index in [4.69, 9.17) is 15.3 Å². The monoisotopic (exact) mass is 282 g/mol. The lowest BCUT2D eigenvalue weighted by atomic mass is 9.95. The molecule has 0 radical (unpaired) electrons. The standard InChI is InChI=1S/C10H10O2.C5H12O3/c1-7-3-4-8(2)10(6-12)9(7)5-11;1-5(2-6,3-7)4-8/h3-6H,1-2H3;6-8H,2-4H2,1H3. The number of benzene rings is 1. The van der Waals surface area contributed by atoms with Gasteiger partial charge in [0.1, 0.15) is 0 Å². The molecule has 1 aromatic carbocycles. The van der Waals surface area contributed by atoms with Crippen LogP contribution >= 0.6 is 0 Å². The first-order valence-electron chi connectivity index (χ1n) is 6.22. The van der Waals surface area contributed by atoms with Gasteiger partial charge in [-0.25, -0.2) is 0 Å². The molecule has 0 unspecified atom stereocenters. The molecule has 0 aromatic heterocycles. The Morgan fingerprint density at radius 3 is 1.35 bits per heavy atom. The number of aliphatic hydroxyl groups is 3. The maximum absolute atomic E-state index is 10.6. The minimum Gasteiger partial charge on any atom is -0.396 e. The van der Waals surface area contributed by atoms with E-state index in [1.165, 1.54) is 0 Å². The largest absolute Gasteiger partial charge is 0.396 e. The molecule has 0 bridgehead atoms. The minimum atomic E-state index is -0.708. The molecule has 0 saturated heterocycles. The van der Waals surface area contributed by atoms with E-state index in [-0.39, 0.29) is 19.8 Å². The average Bonchev–Trinajstić information content (AvgIpc) is 2.49. The highest BCUT2D eigenvalue weighted by atomic mass is 16.3. The van der Waals surface area contributed by atoms with E-state index in [0.717, 1.165) is 23.7 Å². The maximum Gasteiger partial charge on any atom is 0.151 e. The first-order chi connectivity index (χ1) is 9.38. The van der Waals surface area contributed by atoms with E-state index in [9.17, 15) is 9.59 Å². The predicted molar refractivity (Wildman–Crippen MR) is 76.1 cm³/mol. The lowest BCUT2D eigenvalue weighted by Crippen LogP contribution is -2.29. The number of hydrogen-bond donors (Lipinski definition) is 3. The van der Waals surface area contributed by atoms with Crippen molar-refractivity contribution in [3.63, 3.8) is 0 Å². The highest BCUT2D eigenvalue weighted by Crippen LogP contribution is 2.14. The van der Waals surface area contributed by atoms with Crippen LogP contribution in [0.15, 0.2) is 12.1 Å². The third-order valence-electron chi connectivity index (χ3n) is 3.10. The minimum absolute atomic E-state index is 0.181. The lowest BCUT2D eigenvalue weighted by molar-refractivity contribution is 0.0200. The van der Waals surface area contributed by atoms with Crippen molar-refractivity contribution in [3.8, 4) is 0 Å². The summed E-state index contributed by atoms with van der Waals surface area (Å²) in [6, 6.07) is 3.68. The number of hydrogen-bond acceptors (Lipinski definition) is 5. The number of carbonyl (C=O) groups is 2. The quantitative estimate of drug-likeness (QED) is 0.697. The second-order valence-electron chi connectivity index (χ2n) is 5.05. The smallest absolute Gasteiger partial charge is 0.151 e. The van der Waals surface area contributed by atoms with E-state index < -0.39 is 5.41 Å². The maximum atomic E-state index is 10.6. The fourth-order valence-electron chi connectivity index (χ4n) is 1.32. The summed E-state index contributed by atoms with van der Waals surface area (Å²) in [7, 11) is 0. The predicted octanol–water partition coefficient (Wildman–Crippen LogP) is 0.898. The summed E-state index contributed by atoms with van der Waals surface area (Å²) in [5, 5.41) is 25.4. The second kappa shape index (κ2) is 8.58. The van der Waals surface area contributed by atoms with Crippen molar-refractivity contribution in [3.05, 3.63) is 34.4 Å². The Labute approximate surface area is 118 Å². The zero-order chi connectivity index (χ0) is 15.8. The van der Waals surface area contributed by atoms with Gasteiger partial charge in [0.15, 0.2) is 12.6 Å². The molecule has 112 valence electrons. The number of rotatable bonds is 5. The molecule has 0 aliphatic heterocycles. The van der Waals surface area contributed by atoms with Gasteiger partial charge in [-0.15, -0.1) is 0 Å². The third-order valence-corrected chi connectivity index (χ3v) is 3.10. The average molecular weight is 282 g/mol. The molecule has 1 aromatic rings. The number of aldehydes is 2. The molecular formula is C15H22O5. The topological polar surface area (TPSA) is 94.8 Å². The zero-order valence-corrected chi connectivity index (χ0v) is 12.1. The summed E-state index contributed by atoms with van der Waals surface area (Å²) in [5.74, 6) is 0. The van der Waals surface area contributed by atoms with Gasteiger partial charge >= 0.3 is 0 Å². The van der Waals surface area contributed by atoms with Crippen LogP contribution in [-0.4, -0.2) is 47.7 Å². The Hall–Kier alpha value is -1.56. The number of aliphatic hydroxyl groups excluding tert-OH is 3. The Kier molecular flexibility index (Phi) is 7.91. The van der Waals surface area contributed by atoms with Crippen LogP contribution < -0.4 is 0 Å². The fraction of sp³-hybridized carbons (Fsp3) is 0.467. The highest BCUT2D eigenvalue weighted by Gasteiger charge is 2.20. The van der Waals surface area contributed by atoms with Crippen LogP contribution in [0, 0.1) is 19.3 Å². The summed E-state index contributed by atoms with van der Waals surface area (Å²) in [6.45, 7) is 4.69. The highest BCUT2D eigenvalue weighted by molar-refractivity contribution is 5.92. The number of carbonyl (C=O) groups excluding carboxylic acids is 2. The molecule has 0 saturated carbocycles. The SMILES string of the molecule is CC(CO)(CO)CO.Cc1ccc(C)c(C=O)c1C=O. The zero-order valence-electron chi connectivity index (χ0n) is 12.1. The Morgan fingerprint density at radius 2 is 1.20 bits per heavy atom. The molecule has 0 aliphatic carbocycles. The van der Waals surface area contributed by atoms with Crippen LogP contribution in [0.4, 0.5) is 0 Å². The van der Waals surface area contributed by atoms with Crippen molar-refractivity contribution in [1.82, 2.24) is 0 Å². The van der Waals surface area contributed by atoms with Gasteiger partial charge in [0.25, 0.3) is 0 Å². The van der Waals surface area contributed by atoms with Crippen molar-refractivity contribution in [2.24, 2.45) is 5.41 Å². The summed E-state index contributed by atoms with van der Waals surface area (Å²) in [5.41, 5.74) is 1.99. The first-order valence-corrected chi connectivity index (χ1v) is 6.22.